The lowest BCUT2D eigenvalue weighted by Gasteiger charge is -2.14. The predicted molar refractivity (Wildman–Crippen MR) is 104 cm³/mol. The summed E-state index contributed by atoms with van der Waals surface area (Å²) in [6.07, 6.45) is 3.41. The van der Waals surface area contributed by atoms with Crippen molar-refractivity contribution < 1.29 is 9.13 Å². The third-order valence-electron chi connectivity index (χ3n) is 4.59. The Morgan fingerprint density at radius 1 is 1.14 bits per heavy atom. The van der Waals surface area contributed by atoms with Crippen molar-refractivity contribution in [3.63, 3.8) is 0 Å². The van der Waals surface area contributed by atoms with Crippen molar-refractivity contribution in [2.45, 2.75) is 20.4 Å². The Labute approximate surface area is 161 Å². The van der Waals surface area contributed by atoms with Crippen LogP contribution in [0.2, 0.25) is 0 Å². The SMILES string of the molecule is COc1cccc(F)c1CNc1ccc(-c2cnc(C)nc2C)c2nncn12. The highest BCUT2D eigenvalue weighted by Gasteiger charge is 2.14. The molecule has 0 bridgehead atoms. The number of aryl methyl sites for hydroxylation is 2. The molecule has 0 saturated heterocycles. The lowest BCUT2D eigenvalue weighted by molar-refractivity contribution is 0.405. The van der Waals surface area contributed by atoms with E-state index in [4.69, 9.17) is 4.74 Å². The highest BCUT2D eigenvalue weighted by atomic mass is 19.1. The van der Waals surface area contributed by atoms with Crippen LogP contribution < -0.4 is 10.1 Å². The van der Waals surface area contributed by atoms with Crippen molar-refractivity contribution in [2.75, 3.05) is 12.4 Å². The first-order valence-electron chi connectivity index (χ1n) is 8.77. The normalized spacial score (nSPS) is 11.0. The van der Waals surface area contributed by atoms with E-state index in [1.54, 1.807) is 24.7 Å². The number of pyridine rings is 1. The molecule has 0 unspecified atom stereocenters. The highest BCUT2D eigenvalue weighted by Crippen LogP contribution is 2.28. The number of benzene rings is 1. The molecule has 7 nitrogen and oxygen atoms in total. The molecule has 0 radical (unpaired) electrons. The van der Waals surface area contributed by atoms with Gasteiger partial charge in [0.25, 0.3) is 0 Å². The molecule has 0 fully saturated rings. The number of hydrogen-bond donors (Lipinski definition) is 1. The van der Waals surface area contributed by atoms with Crippen molar-refractivity contribution in [3.8, 4) is 16.9 Å². The van der Waals surface area contributed by atoms with E-state index >= 15 is 0 Å². The topological polar surface area (TPSA) is 77.2 Å². The van der Waals surface area contributed by atoms with E-state index in [9.17, 15) is 4.39 Å². The molecule has 0 aliphatic carbocycles. The third-order valence-corrected chi connectivity index (χ3v) is 4.59. The molecule has 0 aliphatic rings. The summed E-state index contributed by atoms with van der Waals surface area (Å²) < 4.78 is 21.3. The van der Waals surface area contributed by atoms with Crippen LogP contribution in [0.15, 0.2) is 42.9 Å². The molecule has 0 atom stereocenters. The molecular weight excluding hydrogens is 359 g/mol. The van der Waals surface area contributed by atoms with Gasteiger partial charge in [0.1, 0.15) is 29.5 Å². The Bertz CT molecular complexity index is 1160. The first kappa shape index (κ1) is 17.8. The van der Waals surface area contributed by atoms with Crippen molar-refractivity contribution in [1.29, 1.82) is 0 Å². The Morgan fingerprint density at radius 2 is 2.00 bits per heavy atom. The maximum Gasteiger partial charge on any atom is 0.170 e. The number of fused-ring (bicyclic) bond motifs is 1. The molecule has 0 aliphatic heterocycles. The van der Waals surface area contributed by atoms with Crippen LogP contribution >= 0.6 is 0 Å². The summed E-state index contributed by atoms with van der Waals surface area (Å²) in [5.41, 5.74) is 3.77. The number of methoxy groups -OCH3 is 1. The number of halogens is 1. The zero-order chi connectivity index (χ0) is 19.7. The summed E-state index contributed by atoms with van der Waals surface area (Å²) in [4.78, 5) is 8.72. The van der Waals surface area contributed by atoms with Gasteiger partial charge in [-0.3, -0.25) is 4.40 Å². The van der Waals surface area contributed by atoms with Gasteiger partial charge in [-0.25, -0.2) is 14.4 Å². The minimum atomic E-state index is -0.323. The Hall–Kier alpha value is -3.55. The number of nitrogens with zero attached hydrogens (tertiary/aromatic N) is 5. The van der Waals surface area contributed by atoms with Gasteiger partial charge in [-0.1, -0.05) is 6.07 Å². The summed E-state index contributed by atoms with van der Waals surface area (Å²) in [5, 5.41) is 11.5. The van der Waals surface area contributed by atoms with Crippen molar-refractivity contribution in [2.24, 2.45) is 0 Å². The number of ether oxygens (including phenoxy) is 1. The number of rotatable bonds is 5. The number of hydrogen-bond acceptors (Lipinski definition) is 6. The van der Waals surface area contributed by atoms with E-state index in [0.717, 1.165) is 28.5 Å². The molecule has 8 heteroatoms. The van der Waals surface area contributed by atoms with Crippen LogP contribution in [0.3, 0.4) is 0 Å². The van der Waals surface area contributed by atoms with Crippen molar-refractivity contribution >= 4 is 11.5 Å². The van der Waals surface area contributed by atoms with E-state index in [0.29, 0.717) is 17.0 Å². The van der Waals surface area contributed by atoms with Crippen LogP contribution in [0, 0.1) is 19.7 Å². The van der Waals surface area contributed by atoms with Gasteiger partial charge in [-0.05, 0) is 38.1 Å². The fourth-order valence-corrected chi connectivity index (χ4v) is 3.19. The van der Waals surface area contributed by atoms with Gasteiger partial charge < -0.3 is 10.1 Å². The van der Waals surface area contributed by atoms with Crippen LogP contribution in [0.1, 0.15) is 17.1 Å². The zero-order valence-electron chi connectivity index (χ0n) is 15.8. The second-order valence-corrected chi connectivity index (χ2v) is 6.35. The minimum absolute atomic E-state index is 0.259. The Balaban J connectivity index is 1.70. The van der Waals surface area contributed by atoms with Crippen molar-refractivity contribution in [3.05, 3.63) is 65.8 Å². The van der Waals surface area contributed by atoms with Gasteiger partial charge in [-0.2, -0.15) is 0 Å². The van der Waals surface area contributed by atoms with E-state index in [-0.39, 0.29) is 12.4 Å². The maximum absolute atomic E-state index is 14.2. The molecule has 4 aromatic rings. The predicted octanol–water partition coefficient (Wildman–Crippen LogP) is 3.56. The van der Waals surface area contributed by atoms with Gasteiger partial charge in [0, 0.05) is 35.1 Å². The molecule has 3 aromatic heterocycles. The highest BCUT2D eigenvalue weighted by molar-refractivity contribution is 5.79. The van der Waals surface area contributed by atoms with Gasteiger partial charge in [0.15, 0.2) is 5.65 Å². The lowest BCUT2D eigenvalue weighted by atomic mass is 10.1. The Kier molecular flexibility index (Phi) is 4.60. The molecule has 0 amide bonds. The second-order valence-electron chi connectivity index (χ2n) is 6.35. The molecule has 3 heterocycles. The van der Waals surface area contributed by atoms with Crippen LogP contribution in [-0.4, -0.2) is 31.7 Å². The average molecular weight is 378 g/mol. The standard InChI is InChI=1S/C20H19FN6O/c1-12-15(9-22-13(2)25-12)14-7-8-19(27-11-24-26-20(14)27)23-10-16-17(21)5-4-6-18(16)28-3/h4-9,11,23H,10H2,1-3H3. The first-order chi connectivity index (χ1) is 13.6. The van der Waals surface area contributed by atoms with Crippen LogP contribution in [-0.2, 0) is 6.54 Å². The average Bonchev–Trinajstić information content (AvgIpc) is 3.17. The number of aromatic nitrogens is 5. The molecule has 0 spiro atoms. The maximum atomic E-state index is 14.2. The summed E-state index contributed by atoms with van der Waals surface area (Å²) in [6, 6.07) is 8.61. The molecule has 0 saturated carbocycles. The van der Waals surface area contributed by atoms with Crippen LogP contribution in [0.4, 0.5) is 10.2 Å². The van der Waals surface area contributed by atoms with Gasteiger partial charge in [-0.15, -0.1) is 10.2 Å². The van der Waals surface area contributed by atoms with Crippen LogP contribution in [0.5, 0.6) is 5.75 Å². The molecule has 1 N–H and O–H groups in total. The summed E-state index contributed by atoms with van der Waals surface area (Å²) in [5.74, 6) is 1.63. The number of anilines is 1. The largest absolute Gasteiger partial charge is 0.496 e. The quantitative estimate of drug-likeness (QED) is 0.572. The molecule has 28 heavy (non-hydrogen) atoms. The van der Waals surface area contributed by atoms with E-state index in [2.05, 4.69) is 25.5 Å². The van der Waals surface area contributed by atoms with Crippen molar-refractivity contribution in [1.82, 2.24) is 24.6 Å². The molecule has 4 rings (SSSR count). The summed E-state index contributed by atoms with van der Waals surface area (Å²) in [6.45, 7) is 4.05. The van der Waals surface area contributed by atoms with Gasteiger partial charge in [0.2, 0.25) is 0 Å². The minimum Gasteiger partial charge on any atom is -0.496 e. The van der Waals surface area contributed by atoms with E-state index < -0.39 is 0 Å². The smallest absolute Gasteiger partial charge is 0.170 e. The fourth-order valence-electron chi connectivity index (χ4n) is 3.19. The van der Waals surface area contributed by atoms with E-state index in [1.165, 1.54) is 13.2 Å². The summed E-state index contributed by atoms with van der Waals surface area (Å²) >= 11 is 0. The fraction of sp³-hybridized carbons (Fsp3) is 0.200. The Morgan fingerprint density at radius 3 is 2.79 bits per heavy atom. The molecular formula is C20H19FN6O. The van der Waals surface area contributed by atoms with Crippen LogP contribution in [0.25, 0.3) is 16.8 Å². The second kappa shape index (κ2) is 7.22. The number of nitrogens with one attached hydrogen (secondary N) is 1. The molecule has 142 valence electrons. The van der Waals surface area contributed by atoms with Gasteiger partial charge >= 0.3 is 0 Å². The summed E-state index contributed by atoms with van der Waals surface area (Å²) in [7, 11) is 1.52. The lowest BCUT2D eigenvalue weighted by Crippen LogP contribution is -2.07. The molecule has 1 aromatic carbocycles. The zero-order valence-corrected chi connectivity index (χ0v) is 15.8. The van der Waals surface area contributed by atoms with Gasteiger partial charge in [0.05, 0.1) is 7.11 Å². The first-order valence-corrected chi connectivity index (χ1v) is 8.77. The monoisotopic (exact) mass is 378 g/mol. The third kappa shape index (κ3) is 3.13. The van der Waals surface area contributed by atoms with E-state index in [1.807, 2.05) is 30.4 Å².